The first-order valence-electron chi connectivity index (χ1n) is 11.3. The molecule has 8 nitrogen and oxygen atoms in total. The van der Waals surface area contributed by atoms with Crippen LogP contribution in [0.15, 0.2) is 60.8 Å². The molecule has 3 amide bonds. The van der Waals surface area contributed by atoms with Gasteiger partial charge < -0.3 is 15.0 Å². The fraction of sp³-hybridized carbons (Fsp3) is 0.346. The van der Waals surface area contributed by atoms with E-state index in [1.165, 1.54) is 4.90 Å². The molecule has 8 heteroatoms. The van der Waals surface area contributed by atoms with Gasteiger partial charge in [0, 0.05) is 29.0 Å². The van der Waals surface area contributed by atoms with Crippen molar-refractivity contribution in [3.05, 3.63) is 60.8 Å². The van der Waals surface area contributed by atoms with Gasteiger partial charge in [-0.15, -0.1) is 0 Å². The number of carbonyl (C=O) groups is 2. The Morgan fingerprint density at radius 1 is 1.06 bits per heavy atom. The quantitative estimate of drug-likeness (QED) is 0.531. The van der Waals surface area contributed by atoms with Crippen LogP contribution >= 0.6 is 0 Å². The summed E-state index contributed by atoms with van der Waals surface area (Å²) in [5, 5.41) is 5.81. The van der Waals surface area contributed by atoms with Gasteiger partial charge in [0.15, 0.2) is 0 Å². The number of urea groups is 1. The Bertz CT molecular complexity index is 1120. The van der Waals surface area contributed by atoms with Crippen LogP contribution in [0.2, 0.25) is 0 Å². The lowest BCUT2D eigenvalue weighted by atomic mass is 10.1. The fourth-order valence-corrected chi connectivity index (χ4v) is 3.36. The van der Waals surface area contributed by atoms with Gasteiger partial charge in [0.1, 0.15) is 12.3 Å². The molecule has 1 heterocycles. The van der Waals surface area contributed by atoms with Gasteiger partial charge in [-0.3, -0.25) is 14.7 Å². The molecule has 0 atom stereocenters. The molecule has 0 radical (unpaired) electrons. The van der Waals surface area contributed by atoms with E-state index in [1.807, 2.05) is 100.0 Å². The van der Waals surface area contributed by atoms with E-state index in [-0.39, 0.29) is 24.5 Å². The second-order valence-corrected chi connectivity index (χ2v) is 9.33. The minimum Gasteiger partial charge on any atom is -0.497 e. The van der Waals surface area contributed by atoms with Gasteiger partial charge in [0.05, 0.1) is 12.8 Å². The van der Waals surface area contributed by atoms with Crippen molar-refractivity contribution in [3.63, 3.8) is 0 Å². The third-order valence-corrected chi connectivity index (χ3v) is 5.06. The van der Waals surface area contributed by atoms with E-state index in [1.54, 1.807) is 7.11 Å². The fourth-order valence-electron chi connectivity index (χ4n) is 3.36. The summed E-state index contributed by atoms with van der Waals surface area (Å²) in [6.45, 7) is 9.37. The summed E-state index contributed by atoms with van der Waals surface area (Å²) >= 11 is 0. The van der Waals surface area contributed by atoms with E-state index in [0.29, 0.717) is 11.6 Å². The highest BCUT2D eigenvalue weighted by atomic mass is 16.5. The highest BCUT2D eigenvalue weighted by Gasteiger charge is 2.24. The molecule has 3 rings (SSSR count). The lowest BCUT2D eigenvalue weighted by Crippen LogP contribution is -2.52. The number of ether oxygens (including phenoxy) is 1. The monoisotopic (exact) mass is 463 g/mol. The molecule has 0 bridgehead atoms. The Hall–Kier alpha value is -3.81. The van der Waals surface area contributed by atoms with Gasteiger partial charge in [-0.05, 0) is 71.0 Å². The first-order valence-corrected chi connectivity index (χ1v) is 11.3. The normalized spacial score (nSPS) is 11.3. The zero-order chi connectivity index (χ0) is 24.9. The lowest BCUT2D eigenvalue weighted by molar-refractivity contribution is -0.117. The molecular weight excluding hydrogens is 430 g/mol. The number of para-hydroxylation sites is 1. The van der Waals surface area contributed by atoms with Crippen LogP contribution < -0.4 is 15.4 Å². The van der Waals surface area contributed by atoms with E-state index in [4.69, 9.17) is 4.74 Å². The van der Waals surface area contributed by atoms with E-state index >= 15 is 0 Å². The number of methoxy groups -OCH3 is 1. The number of hydrogen-bond donors (Lipinski definition) is 2. The van der Waals surface area contributed by atoms with Crippen LogP contribution in [-0.2, 0) is 4.79 Å². The van der Waals surface area contributed by atoms with Gasteiger partial charge in [-0.2, -0.15) is 0 Å². The molecule has 2 aromatic carbocycles. The van der Waals surface area contributed by atoms with Crippen molar-refractivity contribution in [1.82, 2.24) is 19.8 Å². The van der Waals surface area contributed by atoms with Crippen molar-refractivity contribution < 1.29 is 14.3 Å². The van der Waals surface area contributed by atoms with Crippen molar-refractivity contribution in [2.45, 2.75) is 46.2 Å². The molecule has 0 saturated heterocycles. The standard InChI is InChI=1S/C26H33N5O3/c1-18(2)30(25(33)29-26(3,4)5)17-23(32)28-24-27-22(19-12-14-21(34-6)15-13-19)16-31(24)20-10-8-7-9-11-20/h7-16,18H,17H2,1-6H3,(H,29,33)(H,27,28,32). The van der Waals surface area contributed by atoms with E-state index in [9.17, 15) is 9.59 Å². The lowest BCUT2D eigenvalue weighted by Gasteiger charge is -2.30. The Morgan fingerprint density at radius 3 is 2.26 bits per heavy atom. The van der Waals surface area contributed by atoms with Gasteiger partial charge in [0.2, 0.25) is 11.9 Å². The van der Waals surface area contributed by atoms with Crippen LogP contribution in [0.1, 0.15) is 34.6 Å². The molecule has 0 saturated carbocycles. The molecular formula is C26H33N5O3. The number of amides is 3. The number of anilines is 1. The van der Waals surface area contributed by atoms with Crippen molar-refractivity contribution in [3.8, 4) is 22.7 Å². The number of benzene rings is 2. The minimum absolute atomic E-state index is 0.0981. The number of rotatable bonds is 7. The van der Waals surface area contributed by atoms with Crippen LogP contribution in [0.3, 0.4) is 0 Å². The van der Waals surface area contributed by atoms with Crippen LogP contribution in [0, 0.1) is 0 Å². The Kier molecular flexibility index (Phi) is 7.61. The molecule has 0 spiro atoms. The van der Waals surface area contributed by atoms with E-state index in [2.05, 4.69) is 15.6 Å². The molecule has 0 aliphatic rings. The molecule has 3 aromatic rings. The topological polar surface area (TPSA) is 88.5 Å². The van der Waals surface area contributed by atoms with Gasteiger partial charge in [-0.25, -0.2) is 9.78 Å². The second-order valence-electron chi connectivity index (χ2n) is 9.33. The number of nitrogens with zero attached hydrogens (tertiary/aromatic N) is 3. The van der Waals surface area contributed by atoms with Gasteiger partial charge >= 0.3 is 6.03 Å². The van der Waals surface area contributed by atoms with Gasteiger partial charge in [0.25, 0.3) is 0 Å². The average molecular weight is 464 g/mol. The zero-order valence-corrected chi connectivity index (χ0v) is 20.6. The molecule has 0 unspecified atom stereocenters. The highest BCUT2D eigenvalue weighted by Crippen LogP contribution is 2.26. The van der Waals surface area contributed by atoms with Gasteiger partial charge in [-0.1, -0.05) is 18.2 Å². The molecule has 34 heavy (non-hydrogen) atoms. The zero-order valence-electron chi connectivity index (χ0n) is 20.6. The predicted octanol–water partition coefficient (Wildman–Crippen LogP) is 4.70. The van der Waals surface area contributed by atoms with Crippen molar-refractivity contribution >= 4 is 17.9 Å². The largest absolute Gasteiger partial charge is 0.497 e. The molecule has 2 N–H and O–H groups in total. The number of carbonyl (C=O) groups excluding carboxylic acids is 2. The average Bonchev–Trinajstić information content (AvgIpc) is 3.20. The second kappa shape index (κ2) is 10.4. The predicted molar refractivity (Wildman–Crippen MR) is 134 cm³/mol. The third-order valence-electron chi connectivity index (χ3n) is 5.06. The summed E-state index contributed by atoms with van der Waals surface area (Å²) in [4.78, 5) is 31.9. The first kappa shape index (κ1) is 24.8. The maximum atomic E-state index is 13.0. The SMILES string of the molecule is COc1ccc(-c2cn(-c3ccccc3)c(NC(=O)CN(C(=O)NC(C)(C)C)C(C)C)n2)cc1. The van der Waals surface area contributed by atoms with Crippen LogP contribution in [0.4, 0.5) is 10.7 Å². The van der Waals surface area contributed by atoms with Crippen LogP contribution in [-0.4, -0.2) is 51.6 Å². The smallest absolute Gasteiger partial charge is 0.318 e. The van der Waals surface area contributed by atoms with Crippen molar-refractivity contribution in [1.29, 1.82) is 0 Å². The summed E-state index contributed by atoms with van der Waals surface area (Å²) in [5.74, 6) is 0.797. The number of nitrogens with one attached hydrogen (secondary N) is 2. The summed E-state index contributed by atoms with van der Waals surface area (Å²) in [7, 11) is 1.62. The molecule has 180 valence electrons. The summed E-state index contributed by atoms with van der Waals surface area (Å²) in [6.07, 6.45) is 1.87. The maximum absolute atomic E-state index is 13.0. The van der Waals surface area contributed by atoms with Crippen LogP contribution in [0.25, 0.3) is 16.9 Å². The van der Waals surface area contributed by atoms with E-state index < -0.39 is 5.54 Å². The Labute approximate surface area is 200 Å². The molecule has 1 aromatic heterocycles. The molecule has 0 aliphatic heterocycles. The number of imidazole rings is 1. The molecule has 0 aliphatic carbocycles. The summed E-state index contributed by atoms with van der Waals surface area (Å²) in [5.41, 5.74) is 2.04. The summed E-state index contributed by atoms with van der Waals surface area (Å²) in [6, 6.07) is 16.8. The minimum atomic E-state index is -0.405. The number of hydrogen-bond acceptors (Lipinski definition) is 4. The third kappa shape index (κ3) is 6.37. The first-order chi connectivity index (χ1) is 16.1. The van der Waals surface area contributed by atoms with Crippen molar-refractivity contribution in [2.24, 2.45) is 0 Å². The van der Waals surface area contributed by atoms with Crippen molar-refractivity contribution in [2.75, 3.05) is 19.0 Å². The highest BCUT2D eigenvalue weighted by molar-refractivity contribution is 5.93. The summed E-state index contributed by atoms with van der Waals surface area (Å²) < 4.78 is 7.07. The maximum Gasteiger partial charge on any atom is 0.318 e. The Balaban J connectivity index is 1.87. The van der Waals surface area contributed by atoms with Crippen LogP contribution in [0.5, 0.6) is 5.75 Å². The number of aromatic nitrogens is 2. The Morgan fingerprint density at radius 2 is 1.71 bits per heavy atom. The van der Waals surface area contributed by atoms with E-state index in [0.717, 1.165) is 17.0 Å². The molecule has 0 fully saturated rings.